The number of nitrogens with one attached hydrogen (secondary N) is 1. The Morgan fingerprint density at radius 3 is 2.22 bits per heavy atom. The van der Waals surface area contributed by atoms with Gasteiger partial charge in [0.15, 0.2) is 0 Å². The first-order valence-corrected chi connectivity index (χ1v) is 9.21. The second kappa shape index (κ2) is 6.54. The molecule has 1 N–H and O–H groups in total. The molecular formula is C23H24N4. The molecule has 0 unspecified atom stereocenters. The van der Waals surface area contributed by atoms with Crippen LogP contribution < -0.4 is 5.32 Å². The third kappa shape index (κ3) is 3.08. The Labute approximate surface area is 159 Å². The third-order valence-electron chi connectivity index (χ3n) is 4.92. The van der Waals surface area contributed by atoms with E-state index in [9.17, 15) is 0 Å². The number of para-hydroxylation sites is 1. The summed E-state index contributed by atoms with van der Waals surface area (Å²) in [4.78, 5) is 9.55. The van der Waals surface area contributed by atoms with Crippen molar-refractivity contribution >= 4 is 17.3 Å². The van der Waals surface area contributed by atoms with Gasteiger partial charge >= 0.3 is 0 Å². The van der Waals surface area contributed by atoms with Gasteiger partial charge in [0.05, 0.1) is 0 Å². The Kier molecular flexibility index (Phi) is 4.19. The fraction of sp³-hybridized carbons (Fsp3) is 0.217. The number of aryl methyl sites for hydroxylation is 5. The molecule has 0 saturated carbocycles. The molecule has 0 aliphatic heterocycles. The SMILES string of the molecule is Cc1cccc(-c2nc3nc(C)cc(C)n3c2Nc2c(C)cccc2C)c1. The molecule has 0 saturated heterocycles. The molecule has 136 valence electrons. The summed E-state index contributed by atoms with van der Waals surface area (Å²) in [6.07, 6.45) is 0. The summed E-state index contributed by atoms with van der Waals surface area (Å²) in [6.45, 7) is 10.5. The fourth-order valence-electron chi connectivity index (χ4n) is 3.61. The highest BCUT2D eigenvalue weighted by Gasteiger charge is 2.18. The van der Waals surface area contributed by atoms with Crippen LogP contribution in [0, 0.1) is 34.6 Å². The number of anilines is 2. The summed E-state index contributed by atoms with van der Waals surface area (Å²) < 4.78 is 2.11. The molecular weight excluding hydrogens is 332 g/mol. The first-order chi connectivity index (χ1) is 12.9. The Balaban J connectivity index is 2.00. The Morgan fingerprint density at radius 1 is 0.815 bits per heavy atom. The zero-order valence-corrected chi connectivity index (χ0v) is 16.5. The Morgan fingerprint density at radius 2 is 1.52 bits per heavy atom. The zero-order valence-electron chi connectivity index (χ0n) is 16.5. The van der Waals surface area contributed by atoms with Crippen molar-refractivity contribution in [2.75, 3.05) is 5.32 Å². The van der Waals surface area contributed by atoms with Crippen LogP contribution in [0.4, 0.5) is 11.5 Å². The maximum atomic E-state index is 4.89. The predicted octanol–water partition coefficient (Wildman–Crippen LogP) is 5.68. The van der Waals surface area contributed by atoms with Gasteiger partial charge in [-0.25, -0.2) is 9.97 Å². The number of fused-ring (bicyclic) bond motifs is 1. The predicted molar refractivity (Wildman–Crippen MR) is 112 cm³/mol. The van der Waals surface area contributed by atoms with Crippen LogP contribution in [0.15, 0.2) is 48.5 Å². The molecule has 27 heavy (non-hydrogen) atoms. The minimum atomic E-state index is 0.720. The van der Waals surface area contributed by atoms with Gasteiger partial charge in [-0.1, -0.05) is 42.0 Å². The Bertz CT molecular complexity index is 1130. The van der Waals surface area contributed by atoms with Crippen molar-refractivity contribution in [2.24, 2.45) is 0 Å². The van der Waals surface area contributed by atoms with Crippen molar-refractivity contribution in [1.29, 1.82) is 0 Å². The number of benzene rings is 2. The second-order valence-corrected chi connectivity index (χ2v) is 7.24. The van der Waals surface area contributed by atoms with E-state index < -0.39 is 0 Å². The van der Waals surface area contributed by atoms with Crippen molar-refractivity contribution < 1.29 is 0 Å². The van der Waals surface area contributed by atoms with Crippen LogP contribution in [0.5, 0.6) is 0 Å². The summed E-state index contributed by atoms with van der Waals surface area (Å²) in [7, 11) is 0. The first kappa shape index (κ1) is 17.3. The minimum absolute atomic E-state index is 0.720. The van der Waals surface area contributed by atoms with Gasteiger partial charge in [-0.05, 0) is 57.9 Å². The maximum absolute atomic E-state index is 4.89. The minimum Gasteiger partial charge on any atom is -0.339 e. The molecule has 0 spiro atoms. The van der Waals surface area contributed by atoms with Crippen LogP contribution in [0.1, 0.15) is 28.1 Å². The van der Waals surface area contributed by atoms with Crippen molar-refractivity contribution in [3.05, 3.63) is 76.6 Å². The lowest BCUT2D eigenvalue weighted by atomic mass is 10.1. The van der Waals surface area contributed by atoms with Gasteiger partial charge in [0.2, 0.25) is 5.78 Å². The number of rotatable bonds is 3. The lowest BCUT2D eigenvalue weighted by molar-refractivity contribution is 1.02. The molecule has 0 radical (unpaired) electrons. The highest BCUT2D eigenvalue weighted by atomic mass is 15.2. The van der Waals surface area contributed by atoms with E-state index in [-0.39, 0.29) is 0 Å². The molecule has 4 heteroatoms. The van der Waals surface area contributed by atoms with Crippen molar-refractivity contribution in [1.82, 2.24) is 14.4 Å². The van der Waals surface area contributed by atoms with Crippen molar-refractivity contribution in [3.63, 3.8) is 0 Å². The molecule has 2 aromatic carbocycles. The Hall–Kier alpha value is -3.14. The largest absolute Gasteiger partial charge is 0.339 e. The van der Waals surface area contributed by atoms with Crippen LogP contribution >= 0.6 is 0 Å². The molecule has 0 fully saturated rings. The van der Waals surface area contributed by atoms with Gasteiger partial charge in [-0.3, -0.25) is 4.40 Å². The van der Waals surface area contributed by atoms with E-state index in [4.69, 9.17) is 4.98 Å². The van der Waals surface area contributed by atoms with E-state index in [1.165, 1.54) is 16.7 Å². The lowest BCUT2D eigenvalue weighted by Crippen LogP contribution is -2.03. The normalized spacial score (nSPS) is 11.1. The summed E-state index contributed by atoms with van der Waals surface area (Å²) in [6, 6.07) is 16.9. The fourth-order valence-corrected chi connectivity index (χ4v) is 3.61. The molecule has 0 bridgehead atoms. The molecule has 4 aromatic rings. The van der Waals surface area contributed by atoms with Gasteiger partial charge in [-0.2, -0.15) is 0 Å². The standard InChI is InChI=1S/C23H24N4/c1-14-8-6-11-19(12-14)21-22(25-20-15(2)9-7-10-16(20)3)27-18(5)13-17(4)24-23(27)26-21/h6-13,25H,1-5H3. The van der Waals surface area contributed by atoms with E-state index in [0.29, 0.717) is 0 Å². The van der Waals surface area contributed by atoms with E-state index in [1.807, 2.05) is 6.92 Å². The molecule has 0 aliphatic carbocycles. The molecule has 2 aromatic heterocycles. The summed E-state index contributed by atoms with van der Waals surface area (Å²) in [5.74, 6) is 1.68. The number of nitrogens with zero attached hydrogens (tertiary/aromatic N) is 3. The van der Waals surface area contributed by atoms with E-state index in [0.717, 1.165) is 39.9 Å². The smallest absolute Gasteiger partial charge is 0.236 e. The van der Waals surface area contributed by atoms with Gasteiger partial charge in [0, 0.05) is 22.6 Å². The van der Waals surface area contributed by atoms with E-state index in [2.05, 4.69) is 90.9 Å². The number of hydrogen-bond donors (Lipinski definition) is 1. The van der Waals surface area contributed by atoms with Gasteiger partial charge < -0.3 is 5.32 Å². The monoisotopic (exact) mass is 356 g/mol. The molecule has 0 amide bonds. The lowest BCUT2D eigenvalue weighted by Gasteiger charge is -2.15. The molecule has 4 nitrogen and oxygen atoms in total. The topological polar surface area (TPSA) is 42.2 Å². The van der Waals surface area contributed by atoms with Crippen LogP contribution in [0.25, 0.3) is 17.0 Å². The quantitative estimate of drug-likeness (QED) is 0.513. The van der Waals surface area contributed by atoms with Gasteiger partial charge in [0.25, 0.3) is 0 Å². The third-order valence-corrected chi connectivity index (χ3v) is 4.92. The van der Waals surface area contributed by atoms with Crippen LogP contribution in [0.3, 0.4) is 0 Å². The summed E-state index contributed by atoms with van der Waals surface area (Å²) in [5, 5.41) is 3.67. The molecule has 2 heterocycles. The van der Waals surface area contributed by atoms with E-state index >= 15 is 0 Å². The van der Waals surface area contributed by atoms with Crippen LogP contribution in [-0.2, 0) is 0 Å². The average molecular weight is 356 g/mol. The number of hydrogen-bond acceptors (Lipinski definition) is 3. The molecule has 0 aliphatic rings. The van der Waals surface area contributed by atoms with Crippen LogP contribution in [-0.4, -0.2) is 14.4 Å². The average Bonchev–Trinajstić information content (AvgIpc) is 2.96. The van der Waals surface area contributed by atoms with Gasteiger partial charge in [0.1, 0.15) is 11.5 Å². The molecule has 0 atom stereocenters. The highest BCUT2D eigenvalue weighted by Crippen LogP contribution is 2.34. The first-order valence-electron chi connectivity index (χ1n) is 9.21. The highest BCUT2D eigenvalue weighted by molar-refractivity contribution is 5.81. The second-order valence-electron chi connectivity index (χ2n) is 7.24. The number of aromatic nitrogens is 3. The van der Waals surface area contributed by atoms with Crippen LogP contribution in [0.2, 0.25) is 0 Å². The van der Waals surface area contributed by atoms with Crippen molar-refractivity contribution in [3.8, 4) is 11.3 Å². The zero-order chi connectivity index (χ0) is 19.1. The number of imidazole rings is 1. The van der Waals surface area contributed by atoms with Gasteiger partial charge in [-0.15, -0.1) is 0 Å². The summed E-state index contributed by atoms with van der Waals surface area (Å²) in [5.41, 5.74) is 8.83. The summed E-state index contributed by atoms with van der Waals surface area (Å²) >= 11 is 0. The molecule has 4 rings (SSSR count). The maximum Gasteiger partial charge on any atom is 0.236 e. The van der Waals surface area contributed by atoms with Crippen molar-refractivity contribution in [2.45, 2.75) is 34.6 Å². The van der Waals surface area contributed by atoms with E-state index in [1.54, 1.807) is 0 Å².